The van der Waals surface area contributed by atoms with E-state index in [4.69, 9.17) is 15.9 Å². The van der Waals surface area contributed by atoms with E-state index in [1.165, 1.54) is 25.0 Å². The van der Waals surface area contributed by atoms with Crippen LogP contribution in [-0.2, 0) is 41.6 Å². The number of carboxylic acid groups (broad SMARTS) is 3. The number of carbonyl (C=O) groups excluding carboxylic acids is 3. The van der Waals surface area contributed by atoms with E-state index in [1.807, 2.05) is 0 Å². The Morgan fingerprint density at radius 2 is 1.18 bits per heavy atom. The quantitative estimate of drug-likeness (QED) is 0.0989. The highest BCUT2D eigenvalue weighted by atomic mass is 16.4. The number of aliphatic carboxylic acids is 3. The van der Waals surface area contributed by atoms with E-state index in [0.717, 1.165) is 0 Å². The second-order valence-electron chi connectivity index (χ2n) is 8.56. The van der Waals surface area contributed by atoms with Gasteiger partial charge in [0.15, 0.2) is 0 Å². The summed E-state index contributed by atoms with van der Waals surface area (Å²) < 4.78 is 0. The number of H-pyrrole nitrogens is 2. The molecule has 0 saturated heterocycles. The predicted octanol–water partition coefficient (Wildman–Crippen LogP) is -2.49. The first-order valence-electron chi connectivity index (χ1n) is 11.7. The Hall–Kier alpha value is -4.80. The summed E-state index contributed by atoms with van der Waals surface area (Å²) in [5, 5.41) is 34.5. The van der Waals surface area contributed by atoms with Gasteiger partial charge in [-0.1, -0.05) is 0 Å². The molecular weight excluding hydrogens is 520 g/mol. The minimum atomic E-state index is -1.47. The van der Waals surface area contributed by atoms with Crippen LogP contribution in [0.2, 0.25) is 0 Å². The molecule has 0 radical (unpaired) electrons. The van der Waals surface area contributed by atoms with Gasteiger partial charge in [-0.2, -0.15) is 0 Å². The highest BCUT2D eigenvalue weighted by Gasteiger charge is 2.31. The third kappa shape index (κ3) is 10.6. The van der Waals surface area contributed by atoms with Gasteiger partial charge >= 0.3 is 17.9 Å². The summed E-state index contributed by atoms with van der Waals surface area (Å²) in [7, 11) is 0. The van der Waals surface area contributed by atoms with Gasteiger partial charge in [-0.3, -0.25) is 24.0 Å². The van der Waals surface area contributed by atoms with E-state index in [9.17, 15) is 33.9 Å². The molecule has 212 valence electrons. The fourth-order valence-corrected chi connectivity index (χ4v) is 3.41. The summed E-state index contributed by atoms with van der Waals surface area (Å²) in [6.45, 7) is 0. The van der Waals surface area contributed by atoms with Gasteiger partial charge < -0.3 is 47.0 Å². The van der Waals surface area contributed by atoms with Crippen LogP contribution in [0.1, 0.15) is 37.1 Å². The lowest BCUT2D eigenvalue weighted by atomic mass is 10.1. The number of hydrogen-bond donors (Lipinski definition) is 9. The number of carbonyl (C=O) groups is 6. The van der Waals surface area contributed by atoms with Crippen LogP contribution in [0.5, 0.6) is 0 Å². The number of amides is 3. The number of aromatic amines is 2. The molecular formula is C22H30N8O9. The zero-order valence-electron chi connectivity index (χ0n) is 20.6. The number of imidazole rings is 2. The zero-order chi connectivity index (χ0) is 28.9. The standard InChI is InChI=1S/C22H30N8O9/c23-13(1-3-17(31)32)19(35)29-15(5-11-7-24-9-26-11)21(37)28-14(2-4-18(33)34)20(36)30-16(22(38)39)6-12-8-25-10-27-12/h7-10,13-16H,1-6,23H2,(H,24,26)(H,25,27)(H,28,37)(H,29,35)(H,30,36)(H,31,32)(H,33,34)(H,38,39). The topological polar surface area (TPSA) is 283 Å². The zero-order valence-corrected chi connectivity index (χ0v) is 20.6. The minimum Gasteiger partial charge on any atom is -0.481 e. The van der Waals surface area contributed by atoms with Crippen molar-refractivity contribution in [2.24, 2.45) is 5.73 Å². The molecule has 2 aromatic rings. The maximum absolute atomic E-state index is 13.2. The van der Waals surface area contributed by atoms with Gasteiger partial charge in [0.05, 0.1) is 18.7 Å². The Kier molecular flexibility index (Phi) is 11.6. The number of carboxylic acids is 3. The lowest BCUT2D eigenvalue weighted by Crippen LogP contribution is -2.58. The molecule has 0 saturated carbocycles. The number of aromatic nitrogens is 4. The van der Waals surface area contributed by atoms with Crippen LogP contribution in [0.3, 0.4) is 0 Å². The summed E-state index contributed by atoms with van der Waals surface area (Å²) in [6, 6.07) is -5.47. The number of nitrogens with one attached hydrogen (secondary N) is 5. The Morgan fingerprint density at radius 1 is 0.718 bits per heavy atom. The van der Waals surface area contributed by atoms with Gasteiger partial charge in [0.2, 0.25) is 17.7 Å². The summed E-state index contributed by atoms with van der Waals surface area (Å²) in [5.74, 6) is -6.48. The molecule has 17 heteroatoms. The summed E-state index contributed by atoms with van der Waals surface area (Å²) >= 11 is 0. The van der Waals surface area contributed by atoms with Gasteiger partial charge in [-0.15, -0.1) is 0 Å². The molecule has 2 aromatic heterocycles. The molecule has 4 atom stereocenters. The fourth-order valence-electron chi connectivity index (χ4n) is 3.41. The average Bonchev–Trinajstić information content (AvgIpc) is 3.58. The SMILES string of the molecule is NC(CCC(=O)O)C(=O)NC(Cc1cnc[nH]1)C(=O)NC(CCC(=O)O)C(=O)NC(Cc1cnc[nH]1)C(=O)O. The molecule has 3 amide bonds. The van der Waals surface area contributed by atoms with Crippen LogP contribution < -0.4 is 21.7 Å². The molecule has 0 aromatic carbocycles. The van der Waals surface area contributed by atoms with Crippen LogP contribution in [0.4, 0.5) is 0 Å². The van der Waals surface area contributed by atoms with Crippen molar-refractivity contribution >= 4 is 35.6 Å². The highest BCUT2D eigenvalue weighted by molar-refractivity contribution is 5.94. The molecule has 0 aliphatic heterocycles. The number of nitrogens with two attached hydrogens (primary N) is 1. The molecule has 4 unspecified atom stereocenters. The molecule has 17 nitrogen and oxygen atoms in total. The predicted molar refractivity (Wildman–Crippen MR) is 130 cm³/mol. The van der Waals surface area contributed by atoms with Crippen molar-refractivity contribution in [1.82, 2.24) is 35.9 Å². The van der Waals surface area contributed by atoms with Gasteiger partial charge in [-0.25, -0.2) is 14.8 Å². The van der Waals surface area contributed by atoms with Crippen LogP contribution in [0, 0.1) is 0 Å². The van der Waals surface area contributed by atoms with Crippen LogP contribution in [0.15, 0.2) is 25.0 Å². The van der Waals surface area contributed by atoms with Crippen molar-refractivity contribution in [2.45, 2.75) is 62.7 Å². The van der Waals surface area contributed by atoms with Crippen molar-refractivity contribution in [3.8, 4) is 0 Å². The van der Waals surface area contributed by atoms with E-state index < -0.39 is 66.2 Å². The van der Waals surface area contributed by atoms with Crippen molar-refractivity contribution in [3.63, 3.8) is 0 Å². The van der Waals surface area contributed by atoms with Crippen LogP contribution in [-0.4, -0.2) is 95.1 Å². The molecule has 2 rings (SSSR count). The molecule has 2 heterocycles. The van der Waals surface area contributed by atoms with Crippen molar-refractivity contribution < 1.29 is 44.1 Å². The molecule has 10 N–H and O–H groups in total. The van der Waals surface area contributed by atoms with Crippen LogP contribution in [0.25, 0.3) is 0 Å². The Morgan fingerprint density at radius 3 is 1.67 bits per heavy atom. The number of rotatable bonds is 17. The first-order valence-corrected chi connectivity index (χ1v) is 11.7. The van der Waals surface area contributed by atoms with Crippen molar-refractivity contribution in [2.75, 3.05) is 0 Å². The van der Waals surface area contributed by atoms with Gasteiger partial charge in [0, 0.05) is 49.5 Å². The Balaban J connectivity index is 2.18. The first kappa shape index (κ1) is 30.4. The number of nitrogens with zero attached hydrogens (tertiary/aromatic N) is 2. The monoisotopic (exact) mass is 550 g/mol. The lowest BCUT2D eigenvalue weighted by molar-refractivity contribution is -0.143. The summed E-state index contributed by atoms with van der Waals surface area (Å²) in [4.78, 5) is 85.4. The van der Waals surface area contributed by atoms with Gasteiger partial charge in [0.1, 0.15) is 18.1 Å². The molecule has 0 spiro atoms. The fraction of sp³-hybridized carbons (Fsp3) is 0.455. The highest BCUT2D eigenvalue weighted by Crippen LogP contribution is 2.06. The Labute approximate surface area is 221 Å². The number of hydrogen-bond acceptors (Lipinski definition) is 9. The third-order valence-corrected chi connectivity index (χ3v) is 5.49. The third-order valence-electron chi connectivity index (χ3n) is 5.49. The molecule has 0 aliphatic rings. The van der Waals surface area contributed by atoms with E-state index in [-0.39, 0.29) is 32.1 Å². The largest absolute Gasteiger partial charge is 0.481 e. The van der Waals surface area contributed by atoms with Crippen molar-refractivity contribution in [3.05, 3.63) is 36.4 Å². The maximum Gasteiger partial charge on any atom is 0.326 e. The van der Waals surface area contributed by atoms with E-state index in [2.05, 4.69) is 35.9 Å². The summed E-state index contributed by atoms with van der Waals surface area (Å²) in [5.41, 5.74) is 6.57. The second-order valence-corrected chi connectivity index (χ2v) is 8.56. The molecule has 0 bridgehead atoms. The smallest absolute Gasteiger partial charge is 0.326 e. The molecule has 0 fully saturated rings. The van der Waals surface area contributed by atoms with E-state index in [0.29, 0.717) is 11.4 Å². The lowest BCUT2D eigenvalue weighted by Gasteiger charge is -2.25. The maximum atomic E-state index is 13.2. The second kappa shape index (κ2) is 14.8. The molecule has 0 aliphatic carbocycles. The minimum absolute atomic E-state index is 0.131. The van der Waals surface area contributed by atoms with E-state index >= 15 is 0 Å². The van der Waals surface area contributed by atoms with Crippen LogP contribution >= 0.6 is 0 Å². The first-order chi connectivity index (χ1) is 18.5. The van der Waals surface area contributed by atoms with Gasteiger partial charge in [-0.05, 0) is 12.8 Å². The van der Waals surface area contributed by atoms with Crippen molar-refractivity contribution in [1.29, 1.82) is 0 Å². The van der Waals surface area contributed by atoms with E-state index in [1.54, 1.807) is 0 Å². The average molecular weight is 551 g/mol. The normalized spacial score (nSPS) is 13.9. The summed E-state index contributed by atoms with van der Waals surface area (Å²) in [6.07, 6.45) is 3.63. The Bertz CT molecular complexity index is 1140. The molecule has 39 heavy (non-hydrogen) atoms. The van der Waals surface area contributed by atoms with Gasteiger partial charge in [0.25, 0.3) is 0 Å².